The Morgan fingerprint density at radius 2 is 1.80 bits per heavy atom. The van der Waals surface area contributed by atoms with Crippen LogP contribution in [0.25, 0.3) is 0 Å². The maximum absolute atomic E-state index is 5.93. The van der Waals surface area contributed by atoms with Gasteiger partial charge in [-0.1, -0.05) is 17.7 Å². The second-order valence-corrected chi connectivity index (χ2v) is 7.47. The summed E-state index contributed by atoms with van der Waals surface area (Å²) in [6.07, 6.45) is 0. The second kappa shape index (κ2) is 9.15. The van der Waals surface area contributed by atoms with E-state index in [1.165, 1.54) is 5.69 Å². The number of nitrogens with two attached hydrogens (primary N) is 1. The van der Waals surface area contributed by atoms with Gasteiger partial charge in [0.15, 0.2) is 0 Å². The largest absolute Gasteiger partial charge is 0.497 e. The molecule has 0 radical (unpaired) electrons. The lowest BCUT2D eigenvalue weighted by molar-refractivity contribution is 0.244. The van der Waals surface area contributed by atoms with E-state index in [0.717, 1.165) is 37.6 Å². The van der Waals surface area contributed by atoms with Crippen molar-refractivity contribution in [2.75, 3.05) is 49.2 Å². The second-order valence-electron chi connectivity index (χ2n) is 7.03. The molecule has 3 aromatic rings. The van der Waals surface area contributed by atoms with Gasteiger partial charge < -0.3 is 20.7 Å². The number of piperazine rings is 1. The molecule has 0 spiro atoms. The van der Waals surface area contributed by atoms with Crippen molar-refractivity contribution in [2.45, 2.75) is 6.54 Å². The molecule has 1 aliphatic rings. The topological polar surface area (TPSA) is 92.4 Å². The first-order valence-electron chi connectivity index (χ1n) is 9.73. The minimum Gasteiger partial charge on any atom is -0.497 e. The van der Waals surface area contributed by atoms with E-state index in [1.54, 1.807) is 19.2 Å². The molecule has 1 saturated heterocycles. The molecule has 0 saturated carbocycles. The van der Waals surface area contributed by atoms with E-state index in [2.05, 4.69) is 42.2 Å². The molecule has 0 atom stereocenters. The predicted octanol–water partition coefficient (Wildman–Crippen LogP) is 3.18. The Balaban J connectivity index is 1.37. The van der Waals surface area contributed by atoms with Crippen LogP contribution in [-0.4, -0.2) is 53.1 Å². The van der Waals surface area contributed by atoms with Crippen molar-refractivity contribution < 1.29 is 4.74 Å². The molecule has 0 amide bonds. The molecule has 0 bridgehead atoms. The Morgan fingerprint density at radius 3 is 2.53 bits per heavy atom. The molecule has 1 aromatic heterocycles. The van der Waals surface area contributed by atoms with Gasteiger partial charge in [0.2, 0.25) is 11.9 Å². The number of methoxy groups -OCH3 is 1. The van der Waals surface area contributed by atoms with E-state index in [9.17, 15) is 0 Å². The molecule has 30 heavy (non-hydrogen) atoms. The van der Waals surface area contributed by atoms with Crippen molar-refractivity contribution >= 4 is 34.9 Å². The van der Waals surface area contributed by atoms with Gasteiger partial charge in [-0.05, 0) is 36.4 Å². The fraction of sp³-hybridized carbons (Fsp3) is 0.286. The van der Waals surface area contributed by atoms with Crippen LogP contribution in [0.2, 0.25) is 5.02 Å². The molecule has 0 aliphatic carbocycles. The van der Waals surface area contributed by atoms with Gasteiger partial charge in [0.25, 0.3) is 0 Å². The van der Waals surface area contributed by atoms with E-state index in [1.807, 2.05) is 24.3 Å². The molecule has 4 rings (SSSR count). The quantitative estimate of drug-likeness (QED) is 0.622. The van der Waals surface area contributed by atoms with Crippen LogP contribution in [0, 0.1) is 0 Å². The Bertz CT molecular complexity index is 991. The Hall–Kier alpha value is -3.10. The first kappa shape index (κ1) is 20.2. The molecule has 9 heteroatoms. The van der Waals surface area contributed by atoms with E-state index in [0.29, 0.717) is 23.3 Å². The van der Waals surface area contributed by atoms with Gasteiger partial charge in [0.05, 0.1) is 13.7 Å². The summed E-state index contributed by atoms with van der Waals surface area (Å²) in [5, 5.41) is 3.82. The number of nitrogens with one attached hydrogen (secondary N) is 1. The maximum atomic E-state index is 5.93. The summed E-state index contributed by atoms with van der Waals surface area (Å²) in [4.78, 5) is 17.7. The number of hydrogen-bond donors (Lipinski definition) is 2. The number of nitrogen functional groups attached to an aromatic ring is 1. The number of benzene rings is 2. The van der Waals surface area contributed by atoms with Crippen molar-refractivity contribution in [1.29, 1.82) is 0 Å². The number of ether oxygens (including phenoxy) is 1. The van der Waals surface area contributed by atoms with Gasteiger partial charge in [0, 0.05) is 48.6 Å². The molecule has 2 aromatic carbocycles. The molecule has 3 N–H and O–H groups in total. The molecular weight excluding hydrogens is 402 g/mol. The summed E-state index contributed by atoms with van der Waals surface area (Å²) in [5.74, 6) is 2.14. The zero-order valence-corrected chi connectivity index (χ0v) is 17.5. The number of aromatic nitrogens is 3. The smallest absolute Gasteiger partial charge is 0.232 e. The lowest BCUT2D eigenvalue weighted by Crippen LogP contribution is -2.46. The Morgan fingerprint density at radius 1 is 1.03 bits per heavy atom. The fourth-order valence-electron chi connectivity index (χ4n) is 3.40. The Kier molecular flexibility index (Phi) is 6.15. The van der Waals surface area contributed by atoms with Crippen LogP contribution in [0.5, 0.6) is 5.75 Å². The van der Waals surface area contributed by atoms with Gasteiger partial charge in [-0.15, -0.1) is 0 Å². The third kappa shape index (κ3) is 5.08. The number of hydrogen-bond acceptors (Lipinski definition) is 8. The zero-order chi connectivity index (χ0) is 20.9. The van der Waals surface area contributed by atoms with Gasteiger partial charge >= 0.3 is 0 Å². The summed E-state index contributed by atoms with van der Waals surface area (Å²) < 4.78 is 5.33. The zero-order valence-electron chi connectivity index (χ0n) is 16.8. The van der Waals surface area contributed by atoms with E-state index in [-0.39, 0.29) is 5.95 Å². The summed E-state index contributed by atoms with van der Waals surface area (Å²) in [5.41, 5.74) is 7.92. The molecule has 0 unspecified atom stereocenters. The average Bonchev–Trinajstić information content (AvgIpc) is 2.75. The lowest BCUT2D eigenvalue weighted by atomic mass is 10.2. The van der Waals surface area contributed by atoms with E-state index in [4.69, 9.17) is 22.1 Å². The minimum atomic E-state index is 0.200. The van der Waals surface area contributed by atoms with E-state index < -0.39 is 0 Å². The summed E-state index contributed by atoms with van der Waals surface area (Å²) >= 11 is 5.93. The average molecular weight is 426 g/mol. The molecule has 1 aliphatic heterocycles. The third-order valence-electron chi connectivity index (χ3n) is 4.96. The maximum Gasteiger partial charge on any atom is 0.232 e. The van der Waals surface area contributed by atoms with Gasteiger partial charge in [-0.25, -0.2) is 0 Å². The lowest BCUT2D eigenvalue weighted by Gasteiger charge is -2.35. The van der Waals surface area contributed by atoms with Crippen LogP contribution < -0.4 is 20.7 Å². The molecule has 8 nitrogen and oxygen atoms in total. The summed E-state index contributed by atoms with van der Waals surface area (Å²) in [6.45, 7) is 4.27. The minimum absolute atomic E-state index is 0.200. The predicted molar refractivity (Wildman–Crippen MR) is 119 cm³/mol. The number of anilines is 4. The van der Waals surface area contributed by atoms with Crippen LogP contribution in [0.4, 0.5) is 23.3 Å². The molecule has 2 heterocycles. The van der Waals surface area contributed by atoms with Crippen LogP contribution >= 0.6 is 11.6 Å². The number of nitrogens with zero attached hydrogens (tertiary/aromatic N) is 5. The van der Waals surface area contributed by atoms with Gasteiger partial charge in [-0.2, -0.15) is 15.0 Å². The van der Waals surface area contributed by atoms with Crippen LogP contribution in [0.3, 0.4) is 0 Å². The summed E-state index contributed by atoms with van der Waals surface area (Å²) in [7, 11) is 1.69. The van der Waals surface area contributed by atoms with Crippen molar-refractivity contribution in [1.82, 2.24) is 19.9 Å². The molecule has 1 fully saturated rings. The monoisotopic (exact) mass is 425 g/mol. The third-order valence-corrected chi connectivity index (χ3v) is 5.21. The highest BCUT2D eigenvalue weighted by Gasteiger charge is 2.19. The van der Waals surface area contributed by atoms with Crippen molar-refractivity contribution in [3.8, 4) is 5.75 Å². The highest BCUT2D eigenvalue weighted by atomic mass is 35.5. The van der Waals surface area contributed by atoms with Gasteiger partial charge in [-0.3, -0.25) is 4.90 Å². The Labute approximate surface area is 180 Å². The van der Waals surface area contributed by atoms with Crippen LogP contribution in [-0.2, 0) is 6.54 Å². The summed E-state index contributed by atoms with van der Waals surface area (Å²) in [6, 6.07) is 15.5. The first-order valence-corrected chi connectivity index (χ1v) is 10.1. The van der Waals surface area contributed by atoms with Crippen molar-refractivity contribution in [3.05, 3.63) is 59.4 Å². The molecular formula is C21H24ClN7O. The normalized spacial score (nSPS) is 14.5. The highest BCUT2D eigenvalue weighted by molar-refractivity contribution is 6.30. The standard InChI is InChI=1S/C21H24ClN7O/c1-30-18-4-2-3-17(13-18)29-11-9-28(10-12-29)14-19-25-20(23)27-21(26-19)24-16-7-5-15(22)6-8-16/h2-8,13H,9-12,14H2,1H3,(H3,23,24,25,26,27). The fourth-order valence-corrected chi connectivity index (χ4v) is 3.52. The van der Waals surface area contributed by atoms with Crippen LogP contribution in [0.15, 0.2) is 48.5 Å². The van der Waals surface area contributed by atoms with Crippen LogP contribution in [0.1, 0.15) is 5.82 Å². The van der Waals surface area contributed by atoms with Crippen molar-refractivity contribution in [3.63, 3.8) is 0 Å². The molecule has 156 valence electrons. The first-order chi connectivity index (χ1) is 14.6. The van der Waals surface area contributed by atoms with Gasteiger partial charge in [0.1, 0.15) is 11.6 Å². The van der Waals surface area contributed by atoms with E-state index >= 15 is 0 Å². The SMILES string of the molecule is COc1cccc(N2CCN(Cc3nc(N)nc(Nc4ccc(Cl)cc4)n3)CC2)c1. The number of rotatable bonds is 6. The highest BCUT2D eigenvalue weighted by Crippen LogP contribution is 2.22. The number of halogens is 1. The van der Waals surface area contributed by atoms with Crippen molar-refractivity contribution in [2.24, 2.45) is 0 Å².